The molecule has 0 radical (unpaired) electrons. The number of amides is 1. The molecule has 0 bridgehead atoms. The van der Waals surface area contributed by atoms with E-state index in [9.17, 15) is 13.2 Å². The lowest BCUT2D eigenvalue weighted by Gasteiger charge is -2.14. The molecular weight excluding hydrogens is 366 g/mol. The van der Waals surface area contributed by atoms with Gasteiger partial charge in [0, 0.05) is 4.47 Å². The van der Waals surface area contributed by atoms with Gasteiger partial charge in [0.2, 0.25) is 5.91 Å². The Labute approximate surface area is 138 Å². The zero-order valence-electron chi connectivity index (χ0n) is 12.2. The lowest BCUT2D eigenvalue weighted by atomic mass is 9.99. The van der Waals surface area contributed by atoms with E-state index in [0.717, 1.165) is 11.1 Å². The van der Waals surface area contributed by atoms with Crippen LogP contribution in [0.2, 0.25) is 0 Å². The summed E-state index contributed by atoms with van der Waals surface area (Å²) in [6, 6.07) is 13.8. The van der Waals surface area contributed by atoms with E-state index in [0.29, 0.717) is 4.47 Å². The molecule has 0 saturated carbocycles. The highest BCUT2D eigenvalue weighted by Gasteiger charge is 2.24. The predicted molar refractivity (Wildman–Crippen MR) is 89.1 cm³/mol. The zero-order valence-corrected chi connectivity index (χ0v) is 14.6. The third-order valence-corrected chi connectivity index (χ3v) is 5.66. The third-order valence-electron chi connectivity index (χ3n) is 3.30. The molecule has 0 fully saturated rings. The van der Waals surface area contributed by atoms with Gasteiger partial charge in [-0.3, -0.25) is 4.79 Å². The first kappa shape index (κ1) is 16.7. The summed E-state index contributed by atoms with van der Waals surface area (Å²) in [5.74, 6) is -1.11. The van der Waals surface area contributed by atoms with Gasteiger partial charge in [-0.1, -0.05) is 42.0 Å². The highest BCUT2D eigenvalue weighted by atomic mass is 79.9. The third kappa shape index (κ3) is 3.75. The molecule has 1 unspecified atom stereocenters. The summed E-state index contributed by atoms with van der Waals surface area (Å²) < 4.78 is 27.2. The van der Waals surface area contributed by atoms with E-state index < -0.39 is 21.8 Å². The predicted octanol–water partition coefficient (Wildman–Crippen LogP) is 3.37. The van der Waals surface area contributed by atoms with Crippen LogP contribution in [0.15, 0.2) is 57.9 Å². The number of hydrogen-bond acceptors (Lipinski definition) is 3. The average Bonchev–Trinajstić information content (AvgIpc) is 2.46. The normalized spacial score (nSPS) is 12.7. The first-order valence-electron chi connectivity index (χ1n) is 6.69. The Bertz CT molecular complexity index is 803. The fourth-order valence-electron chi connectivity index (χ4n) is 2.03. The molecule has 1 atom stereocenters. The van der Waals surface area contributed by atoms with Gasteiger partial charge in [-0.05, 0) is 47.5 Å². The Morgan fingerprint density at radius 3 is 2.45 bits per heavy atom. The maximum atomic E-state index is 12.3. The molecule has 2 rings (SSSR count). The Morgan fingerprint density at radius 2 is 1.82 bits per heavy atom. The van der Waals surface area contributed by atoms with Crippen LogP contribution in [-0.2, 0) is 14.8 Å². The lowest BCUT2D eigenvalue weighted by molar-refractivity contribution is -0.120. The number of carbonyl (C=O) groups excluding carboxylic acids is 1. The summed E-state index contributed by atoms with van der Waals surface area (Å²) >= 11 is 3.18. The number of rotatable bonds is 4. The second kappa shape index (κ2) is 6.62. The molecule has 22 heavy (non-hydrogen) atoms. The van der Waals surface area contributed by atoms with Crippen LogP contribution in [0.1, 0.15) is 24.0 Å². The van der Waals surface area contributed by atoms with E-state index in [-0.39, 0.29) is 4.90 Å². The summed E-state index contributed by atoms with van der Waals surface area (Å²) in [4.78, 5) is 12.3. The van der Waals surface area contributed by atoms with Crippen LogP contribution in [0.25, 0.3) is 0 Å². The van der Waals surface area contributed by atoms with Crippen molar-refractivity contribution in [3.63, 3.8) is 0 Å². The van der Waals surface area contributed by atoms with E-state index in [1.165, 1.54) is 6.07 Å². The Kier molecular flexibility index (Phi) is 5.03. The summed E-state index contributed by atoms with van der Waals surface area (Å²) in [5, 5.41) is 0. The van der Waals surface area contributed by atoms with Gasteiger partial charge in [-0.25, -0.2) is 13.1 Å². The van der Waals surface area contributed by atoms with Gasteiger partial charge in [0.25, 0.3) is 10.0 Å². The number of benzene rings is 2. The number of sulfonamides is 1. The van der Waals surface area contributed by atoms with Gasteiger partial charge in [0.1, 0.15) is 4.90 Å². The molecule has 4 nitrogen and oxygen atoms in total. The standard InChI is InChI=1S/C16H16BrNO3S/c1-11-6-5-7-13(10-11)12(2)16(19)18-22(20,21)15-9-4-3-8-14(15)17/h3-10,12H,1-2H3,(H,18,19). The minimum atomic E-state index is -3.90. The molecule has 116 valence electrons. The minimum absolute atomic E-state index is 0.0415. The van der Waals surface area contributed by atoms with E-state index in [1.54, 1.807) is 25.1 Å². The first-order valence-corrected chi connectivity index (χ1v) is 8.96. The second-order valence-corrected chi connectivity index (χ2v) is 7.54. The highest BCUT2D eigenvalue weighted by Crippen LogP contribution is 2.22. The maximum absolute atomic E-state index is 12.3. The van der Waals surface area contributed by atoms with Crippen molar-refractivity contribution in [2.75, 3.05) is 0 Å². The lowest BCUT2D eigenvalue weighted by Crippen LogP contribution is -2.34. The SMILES string of the molecule is Cc1cccc(C(C)C(=O)NS(=O)(=O)c2ccccc2Br)c1. The topological polar surface area (TPSA) is 63.2 Å². The molecule has 1 N–H and O–H groups in total. The molecule has 2 aromatic carbocycles. The van der Waals surface area contributed by atoms with Crippen molar-refractivity contribution in [2.24, 2.45) is 0 Å². The molecular formula is C16H16BrNO3S. The zero-order chi connectivity index (χ0) is 16.3. The van der Waals surface area contributed by atoms with Gasteiger partial charge in [-0.15, -0.1) is 0 Å². The number of nitrogens with one attached hydrogen (secondary N) is 1. The fourth-order valence-corrected chi connectivity index (χ4v) is 4.09. The van der Waals surface area contributed by atoms with Crippen LogP contribution >= 0.6 is 15.9 Å². The molecule has 2 aromatic rings. The van der Waals surface area contributed by atoms with Crippen LogP contribution in [-0.4, -0.2) is 14.3 Å². The van der Waals surface area contributed by atoms with Crippen molar-refractivity contribution in [3.8, 4) is 0 Å². The molecule has 0 saturated heterocycles. The molecule has 0 aromatic heterocycles. The number of carbonyl (C=O) groups is 1. The molecule has 0 spiro atoms. The van der Waals surface area contributed by atoms with Crippen molar-refractivity contribution in [1.29, 1.82) is 0 Å². The van der Waals surface area contributed by atoms with Crippen LogP contribution in [0.4, 0.5) is 0 Å². The first-order chi connectivity index (χ1) is 10.3. The smallest absolute Gasteiger partial charge is 0.265 e. The molecule has 0 aliphatic rings. The van der Waals surface area contributed by atoms with Crippen LogP contribution < -0.4 is 4.72 Å². The monoisotopic (exact) mass is 381 g/mol. The van der Waals surface area contributed by atoms with Crippen molar-refractivity contribution >= 4 is 31.9 Å². The van der Waals surface area contributed by atoms with Crippen LogP contribution in [0.3, 0.4) is 0 Å². The Hall–Kier alpha value is -1.66. The second-order valence-electron chi connectivity index (χ2n) is 5.04. The van der Waals surface area contributed by atoms with Crippen LogP contribution in [0, 0.1) is 6.92 Å². The summed E-state index contributed by atoms with van der Waals surface area (Å²) in [7, 11) is -3.90. The van der Waals surface area contributed by atoms with E-state index in [4.69, 9.17) is 0 Å². The summed E-state index contributed by atoms with van der Waals surface area (Å²) in [5.41, 5.74) is 1.80. The van der Waals surface area contributed by atoms with Crippen molar-refractivity contribution in [2.45, 2.75) is 24.7 Å². The summed E-state index contributed by atoms with van der Waals surface area (Å²) in [6.07, 6.45) is 0. The number of aryl methyl sites for hydroxylation is 1. The highest BCUT2D eigenvalue weighted by molar-refractivity contribution is 9.10. The quantitative estimate of drug-likeness (QED) is 0.882. The van der Waals surface area contributed by atoms with E-state index in [1.807, 2.05) is 31.2 Å². The van der Waals surface area contributed by atoms with Gasteiger partial charge < -0.3 is 0 Å². The van der Waals surface area contributed by atoms with Gasteiger partial charge in [-0.2, -0.15) is 0 Å². The van der Waals surface area contributed by atoms with Gasteiger partial charge in [0.05, 0.1) is 5.92 Å². The van der Waals surface area contributed by atoms with E-state index in [2.05, 4.69) is 20.7 Å². The number of halogens is 1. The van der Waals surface area contributed by atoms with Gasteiger partial charge >= 0.3 is 0 Å². The maximum Gasteiger partial charge on any atom is 0.265 e. The Balaban J connectivity index is 2.23. The molecule has 0 heterocycles. The van der Waals surface area contributed by atoms with Crippen molar-refractivity contribution in [1.82, 2.24) is 4.72 Å². The summed E-state index contributed by atoms with van der Waals surface area (Å²) in [6.45, 7) is 3.60. The largest absolute Gasteiger partial charge is 0.273 e. The number of hydrogen-bond donors (Lipinski definition) is 1. The molecule has 0 aliphatic carbocycles. The van der Waals surface area contributed by atoms with Crippen molar-refractivity contribution < 1.29 is 13.2 Å². The molecule has 6 heteroatoms. The Morgan fingerprint density at radius 1 is 1.14 bits per heavy atom. The van der Waals surface area contributed by atoms with Crippen LogP contribution in [0.5, 0.6) is 0 Å². The van der Waals surface area contributed by atoms with E-state index >= 15 is 0 Å². The van der Waals surface area contributed by atoms with Crippen molar-refractivity contribution in [3.05, 3.63) is 64.1 Å². The minimum Gasteiger partial charge on any atom is -0.273 e. The fraction of sp³-hybridized carbons (Fsp3) is 0.188. The molecule has 1 amide bonds. The van der Waals surface area contributed by atoms with Gasteiger partial charge in [0.15, 0.2) is 0 Å². The average molecular weight is 382 g/mol. The molecule has 0 aliphatic heterocycles.